The third-order valence-electron chi connectivity index (χ3n) is 1.88. The molecule has 3 nitrogen and oxygen atoms in total. The average Bonchev–Trinajstić information content (AvgIpc) is 2.70. The van der Waals surface area contributed by atoms with Crippen LogP contribution in [0.25, 0.3) is 10.6 Å². The van der Waals surface area contributed by atoms with Crippen LogP contribution in [0.15, 0.2) is 29.6 Å². The zero-order chi connectivity index (χ0) is 9.97. The standard InChI is InChI=1S/C10H10N2OS/c1-13-8-5-4-7(12-10(8)11)9-3-2-6-14-9/h2-6H,1H3,(H2,11,12). The number of aromatic nitrogens is 1. The molecule has 0 aromatic carbocycles. The van der Waals surface area contributed by atoms with Gasteiger partial charge in [-0.3, -0.25) is 0 Å². The van der Waals surface area contributed by atoms with Crippen molar-refractivity contribution in [2.75, 3.05) is 12.8 Å². The Bertz CT molecular complexity index is 426. The number of rotatable bonds is 2. The van der Waals surface area contributed by atoms with Crippen molar-refractivity contribution in [2.24, 2.45) is 0 Å². The minimum Gasteiger partial charge on any atom is -0.493 e. The lowest BCUT2D eigenvalue weighted by molar-refractivity contribution is 0.415. The van der Waals surface area contributed by atoms with E-state index in [0.29, 0.717) is 11.6 Å². The summed E-state index contributed by atoms with van der Waals surface area (Å²) in [6.45, 7) is 0. The van der Waals surface area contributed by atoms with Crippen molar-refractivity contribution in [1.82, 2.24) is 4.98 Å². The number of hydrogen-bond donors (Lipinski definition) is 1. The lowest BCUT2D eigenvalue weighted by Gasteiger charge is -2.04. The van der Waals surface area contributed by atoms with Crippen LogP contribution in [-0.4, -0.2) is 12.1 Å². The van der Waals surface area contributed by atoms with Crippen LogP contribution in [0.5, 0.6) is 5.75 Å². The predicted molar refractivity (Wildman–Crippen MR) is 58.5 cm³/mol. The number of ether oxygens (including phenoxy) is 1. The van der Waals surface area contributed by atoms with E-state index < -0.39 is 0 Å². The van der Waals surface area contributed by atoms with Gasteiger partial charge in [0.1, 0.15) is 0 Å². The summed E-state index contributed by atoms with van der Waals surface area (Å²) in [6, 6.07) is 7.74. The molecular formula is C10H10N2OS. The smallest absolute Gasteiger partial charge is 0.166 e. The largest absolute Gasteiger partial charge is 0.493 e. The van der Waals surface area contributed by atoms with Crippen LogP contribution in [0.1, 0.15) is 0 Å². The highest BCUT2D eigenvalue weighted by molar-refractivity contribution is 7.13. The van der Waals surface area contributed by atoms with Crippen molar-refractivity contribution in [3.05, 3.63) is 29.6 Å². The van der Waals surface area contributed by atoms with E-state index in [9.17, 15) is 0 Å². The second-order valence-corrected chi connectivity index (χ2v) is 3.71. The molecule has 72 valence electrons. The van der Waals surface area contributed by atoms with E-state index in [2.05, 4.69) is 4.98 Å². The van der Waals surface area contributed by atoms with E-state index in [1.165, 1.54) is 0 Å². The molecule has 14 heavy (non-hydrogen) atoms. The Morgan fingerprint density at radius 3 is 2.79 bits per heavy atom. The Morgan fingerprint density at radius 2 is 2.21 bits per heavy atom. The maximum Gasteiger partial charge on any atom is 0.166 e. The molecule has 4 heteroatoms. The van der Waals surface area contributed by atoms with E-state index in [-0.39, 0.29) is 0 Å². The average molecular weight is 206 g/mol. The molecule has 0 unspecified atom stereocenters. The summed E-state index contributed by atoms with van der Waals surface area (Å²) in [5.41, 5.74) is 6.59. The molecule has 0 aliphatic rings. The molecule has 2 heterocycles. The third kappa shape index (κ3) is 1.56. The molecule has 2 aromatic heterocycles. The number of hydrogen-bond acceptors (Lipinski definition) is 4. The van der Waals surface area contributed by atoms with Gasteiger partial charge in [0, 0.05) is 0 Å². The Morgan fingerprint density at radius 1 is 1.36 bits per heavy atom. The van der Waals surface area contributed by atoms with Crippen molar-refractivity contribution in [3.63, 3.8) is 0 Å². The normalized spacial score (nSPS) is 10.1. The minimum atomic E-state index is 0.429. The van der Waals surface area contributed by atoms with Crippen LogP contribution in [0.3, 0.4) is 0 Å². The third-order valence-corrected chi connectivity index (χ3v) is 2.77. The van der Waals surface area contributed by atoms with Crippen molar-refractivity contribution >= 4 is 17.2 Å². The van der Waals surface area contributed by atoms with Crippen LogP contribution in [0, 0.1) is 0 Å². The fourth-order valence-electron chi connectivity index (χ4n) is 1.20. The lowest BCUT2D eigenvalue weighted by atomic mass is 10.3. The van der Waals surface area contributed by atoms with Gasteiger partial charge in [-0.2, -0.15) is 0 Å². The molecule has 0 fully saturated rings. The molecule has 0 radical (unpaired) electrons. The fourth-order valence-corrected chi connectivity index (χ4v) is 1.89. The van der Waals surface area contributed by atoms with Gasteiger partial charge in [0.25, 0.3) is 0 Å². The van der Waals surface area contributed by atoms with E-state index in [4.69, 9.17) is 10.5 Å². The first-order valence-corrected chi connectivity index (χ1v) is 5.03. The molecule has 0 spiro atoms. The van der Waals surface area contributed by atoms with Gasteiger partial charge in [0.05, 0.1) is 17.7 Å². The molecule has 0 atom stereocenters. The molecule has 0 saturated carbocycles. The number of nitrogen functional groups attached to an aromatic ring is 1. The van der Waals surface area contributed by atoms with Gasteiger partial charge >= 0.3 is 0 Å². The first kappa shape index (κ1) is 9.02. The van der Waals surface area contributed by atoms with Crippen molar-refractivity contribution in [3.8, 4) is 16.3 Å². The van der Waals surface area contributed by atoms with Gasteiger partial charge in [0.15, 0.2) is 11.6 Å². The highest BCUT2D eigenvalue weighted by Gasteiger charge is 2.04. The van der Waals surface area contributed by atoms with Crippen molar-refractivity contribution in [1.29, 1.82) is 0 Å². The van der Waals surface area contributed by atoms with Crippen LogP contribution >= 0.6 is 11.3 Å². The molecule has 2 rings (SSSR count). The number of methoxy groups -OCH3 is 1. The number of anilines is 1. The molecule has 0 saturated heterocycles. The highest BCUT2D eigenvalue weighted by atomic mass is 32.1. The van der Waals surface area contributed by atoms with Crippen LogP contribution in [0.4, 0.5) is 5.82 Å². The maximum atomic E-state index is 5.71. The maximum absolute atomic E-state index is 5.71. The van der Waals surface area contributed by atoms with Gasteiger partial charge < -0.3 is 10.5 Å². The summed E-state index contributed by atoms with van der Waals surface area (Å²) in [4.78, 5) is 5.36. The van der Waals surface area contributed by atoms with Gasteiger partial charge in [0.2, 0.25) is 0 Å². The van der Waals surface area contributed by atoms with Gasteiger partial charge in [-0.25, -0.2) is 4.98 Å². The monoisotopic (exact) mass is 206 g/mol. The first-order chi connectivity index (χ1) is 6.81. The second-order valence-electron chi connectivity index (χ2n) is 2.76. The number of nitrogens with two attached hydrogens (primary N) is 1. The predicted octanol–water partition coefficient (Wildman–Crippen LogP) is 2.40. The molecule has 0 bridgehead atoms. The Balaban J connectivity index is 2.43. The van der Waals surface area contributed by atoms with E-state index in [1.54, 1.807) is 18.4 Å². The zero-order valence-electron chi connectivity index (χ0n) is 7.73. The summed E-state index contributed by atoms with van der Waals surface area (Å²) in [7, 11) is 1.58. The number of pyridine rings is 1. The zero-order valence-corrected chi connectivity index (χ0v) is 8.54. The van der Waals surface area contributed by atoms with Gasteiger partial charge in [-0.05, 0) is 23.6 Å². The summed E-state index contributed by atoms with van der Waals surface area (Å²) < 4.78 is 5.03. The highest BCUT2D eigenvalue weighted by Crippen LogP contribution is 2.27. The number of thiophene rings is 1. The SMILES string of the molecule is COc1ccc(-c2cccs2)nc1N. The van der Waals surface area contributed by atoms with E-state index in [1.807, 2.05) is 29.6 Å². The van der Waals surface area contributed by atoms with Crippen molar-refractivity contribution < 1.29 is 4.74 Å². The first-order valence-electron chi connectivity index (χ1n) is 4.15. The summed E-state index contributed by atoms with van der Waals surface area (Å²) in [5, 5.41) is 2.01. The van der Waals surface area contributed by atoms with Crippen LogP contribution in [-0.2, 0) is 0 Å². The molecule has 0 amide bonds. The summed E-state index contributed by atoms with van der Waals surface area (Å²) in [6.07, 6.45) is 0. The lowest BCUT2D eigenvalue weighted by Crippen LogP contribution is -1.96. The minimum absolute atomic E-state index is 0.429. The Kier molecular flexibility index (Phi) is 2.37. The molecule has 2 aromatic rings. The topological polar surface area (TPSA) is 48.1 Å². The number of nitrogens with zero attached hydrogens (tertiary/aromatic N) is 1. The van der Waals surface area contributed by atoms with Crippen LogP contribution < -0.4 is 10.5 Å². The van der Waals surface area contributed by atoms with Gasteiger partial charge in [-0.1, -0.05) is 6.07 Å². The fraction of sp³-hybridized carbons (Fsp3) is 0.100. The summed E-state index contributed by atoms with van der Waals surface area (Å²) in [5.74, 6) is 1.05. The molecular weight excluding hydrogens is 196 g/mol. The van der Waals surface area contributed by atoms with Crippen LogP contribution in [0.2, 0.25) is 0 Å². The molecule has 0 aliphatic carbocycles. The Labute approximate surface area is 86.2 Å². The summed E-state index contributed by atoms with van der Waals surface area (Å²) >= 11 is 1.64. The second kappa shape index (κ2) is 3.67. The molecule has 0 aliphatic heterocycles. The van der Waals surface area contributed by atoms with E-state index >= 15 is 0 Å². The van der Waals surface area contributed by atoms with Crippen molar-refractivity contribution in [2.45, 2.75) is 0 Å². The van der Waals surface area contributed by atoms with E-state index in [0.717, 1.165) is 10.6 Å². The Hall–Kier alpha value is -1.55. The molecule has 2 N–H and O–H groups in total. The van der Waals surface area contributed by atoms with Gasteiger partial charge in [-0.15, -0.1) is 11.3 Å². The quantitative estimate of drug-likeness (QED) is 0.820.